The van der Waals surface area contributed by atoms with E-state index in [0.717, 1.165) is 22.3 Å². The van der Waals surface area contributed by atoms with Crippen molar-refractivity contribution in [1.29, 1.82) is 0 Å². The topological polar surface area (TPSA) is 56.1 Å². The van der Waals surface area contributed by atoms with E-state index in [1.807, 2.05) is 12.3 Å². The Morgan fingerprint density at radius 3 is 3.11 bits per heavy atom. The van der Waals surface area contributed by atoms with Gasteiger partial charge in [-0.2, -0.15) is 0 Å². The van der Waals surface area contributed by atoms with Crippen LogP contribution in [0.5, 0.6) is 0 Å². The van der Waals surface area contributed by atoms with E-state index in [-0.39, 0.29) is 11.6 Å². The molecule has 5 nitrogen and oxygen atoms in total. The molecule has 0 aromatic carbocycles. The summed E-state index contributed by atoms with van der Waals surface area (Å²) in [6, 6.07) is 0.279. The van der Waals surface area contributed by atoms with Crippen molar-refractivity contribution >= 4 is 21.6 Å². The van der Waals surface area contributed by atoms with Crippen LogP contribution >= 0.6 is 11.3 Å². The van der Waals surface area contributed by atoms with E-state index in [1.165, 1.54) is 11.3 Å². The van der Waals surface area contributed by atoms with Crippen molar-refractivity contribution in [2.75, 3.05) is 20.3 Å². The number of ether oxygens (including phenoxy) is 1. The lowest BCUT2D eigenvalue weighted by Gasteiger charge is -2.13. The number of hydrogen-bond donors (Lipinski definition) is 1. The number of methoxy groups -OCH3 is 1. The molecule has 0 aliphatic rings. The highest BCUT2D eigenvalue weighted by Gasteiger charge is 2.08. The van der Waals surface area contributed by atoms with Crippen LogP contribution in [-0.4, -0.2) is 35.9 Å². The van der Waals surface area contributed by atoms with Gasteiger partial charge in [0.05, 0.1) is 18.5 Å². The molecule has 2 aromatic heterocycles. The number of nitrogens with one attached hydrogen (secondary N) is 1. The van der Waals surface area contributed by atoms with Crippen molar-refractivity contribution in [3.63, 3.8) is 0 Å². The van der Waals surface area contributed by atoms with Gasteiger partial charge in [-0.25, -0.2) is 4.98 Å². The molecule has 0 spiro atoms. The maximum atomic E-state index is 12.2. The first kappa shape index (κ1) is 14.2. The number of hydrogen-bond acceptors (Lipinski definition) is 5. The lowest BCUT2D eigenvalue weighted by Crippen LogP contribution is -2.34. The Bertz CT molecular complexity index is 605. The van der Waals surface area contributed by atoms with Crippen molar-refractivity contribution in [3.8, 4) is 0 Å². The van der Waals surface area contributed by atoms with E-state index >= 15 is 0 Å². The van der Waals surface area contributed by atoms with Crippen molar-refractivity contribution in [3.05, 3.63) is 27.6 Å². The molecule has 2 heterocycles. The Balaban J connectivity index is 2.05. The zero-order valence-electron chi connectivity index (χ0n) is 11.5. The highest BCUT2D eigenvalue weighted by molar-refractivity contribution is 7.17. The summed E-state index contributed by atoms with van der Waals surface area (Å²) in [5.41, 5.74) is 1.94. The minimum Gasteiger partial charge on any atom is -0.383 e. The molecule has 0 aliphatic heterocycles. The van der Waals surface area contributed by atoms with Crippen LogP contribution in [0.1, 0.15) is 12.5 Å². The molecule has 0 aliphatic carbocycles. The maximum Gasteiger partial charge on any atom is 0.271 e. The Hall–Kier alpha value is -1.24. The van der Waals surface area contributed by atoms with Crippen LogP contribution in [0.3, 0.4) is 0 Å². The van der Waals surface area contributed by atoms with Gasteiger partial charge < -0.3 is 10.1 Å². The summed E-state index contributed by atoms with van der Waals surface area (Å²) >= 11 is 1.47. The molecule has 0 saturated heterocycles. The van der Waals surface area contributed by atoms with Crippen LogP contribution in [-0.2, 0) is 11.3 Å². The Kier molecular flexibility index (Phi) is 4.68. The van der Waals surface area contributed by atoms with Gasteiger partial charge in [-0.1, -0.05) is 0 Å². The molecule has 0 bridgehead atoms. The van der Waals surface area contributed by atoms with Gasteiger partial charge in [0.15, 0.2) is 0 Å². The van der Waals surface area contributed by atoms with Gasteiger partial charge in [0, 0.05) is 26.2 Å². The highest BCUT2D eigenvalue weighted by atomic mass is 32.1. The lowest BCUT2D eigenvalue weighted by atomic mass is 10.3. The molecular weight excluding hydrogens is 262 g/mol. The first-order valence-electron chi connectivity index (χ1n) is 6.29. The van der Waals surface area contributed by atoms with Gasteiger partial charge in [0.2, 0.25) is 0 Å². The second kappa shape index (κ2) is 6.27. The Labute approximate surface area is 116 Å². The van der Waals surface area contributed by atoms with E-state index in [0.29, 0.717) is 13.2 Å². The summed E-state index contributed by atoms with van der Waals surface area (Å²) in [7, 11) is 1.68. The lowest BCUT2D eigenvalue weighted by molar-refractivity contribution is 0.172. The number of aromatic nitrogens is 2. The summed E-state index contributed by atoms with van der Waals surface area (Å²) in [6.45, 7) is 6.03. The van der Waals surface area contributed by atoms with Gasteiger partial charge in [0.1, 0.15) is 4.70 Å². The summed E-state index contributed by atoms with van der Waals surface area (Å²) < 4.78 is 7.45. The van der Waals surface area contributed by atoms with Crippen molar-refractivity contribution in [1.82, 2.24) is 14.9 Å². The van der Waals surface area contributed by atoms with Crippen LogP contribution in [0.25, 0.3) is 10.2 Å². The van der Waals surface area contributed by atoms with E-state index in [1.54, 1.807) is 18.0 Å². The van der Waals surface area contributed by atoms with Gasteiger partial charge in [-0.15, -0.1) is 11.3 Å². The molecule has 1 N–H and O–H groups in total. The summed E-state index contributed by atoms with van der Waals surface area (Å²) in [5, 5.41) is 5.28. The highest BCUT2D eigenvalue weighted by Crippen LogP contribution is 2.19. The number of nitrogens with zero attached hydrogens (tertiary/aromatic N) is 2. The number of thiophene rings is 1. The first-order chi connectivity index (χ1) is 9.13. The third kappa shape index (κ3) is 3.20. The third-order valence-electron chi connectivity index (χ3n) is 2.99. The summed E-state index contributed by atoms with van der Waals surface area (Å²) in [5.74, 6) is 0. The SMILES string of the molecule is COCC(C)NCCn1cnc2c(C)csc2c1=O. The van der Waals surface area contributed by atoms with E-state index in [4.69, 9.17) is 4.74 Å². The normalized spacial score (nSPS) is 13.0. The molecule has 0 amide bonds. The standard InChI is InChI=1S/C13H19N3O2S/c1-9-7-19-12-11(9)15-8-16(13(12)17)5-4-14-10(2)6-18-3/h7-8,10,14H,4-6H2,1-3H3. The first-order valence-corrected chi connectivity index (χ1v) is 7.17. The minimum absolute atomic E-state index is 0.0456. The van der Waals surface area contributed by atoms with E-state index in [9.17, 15) is 4.79 Å². The van der Waals surface area contributed by atoms with Crippen molar-refractivity contribution < 1.29 is 4.74 Å². The van der Waals surface area contributed by atoms with Gasteiger partial charge >= 0.3 is 0 Å². The molecule has 2 rings (SSSR count). The average Bonchev–Trinajstić information content (AvgIpc) is 2.75. The molecule has 0 fully saturated rings. The number of fused-ring (bicyclic) bond motifs is 1. The molecule has 2 aromatic rings. The van der Waals surface area contributed by atoms with E-state index in [2.05, 4.69) is 17.2 Å². The summed E-state index contributed by atoms with van der Waals surface area (Å²) in [4.78, 5) is 16.6. The molecule has 6 heteroatoms. The van der Waals surface area contributed by atoms with Gasteiger partial charge in [-0.3, -0.25) is 9.36 Å². The van der Waals surface area contributed by atoms with Crippen molar-refractivity contribution in [2.45, 2.75) is 26.4 Å². The van der Waals surface area contributed by atoms with Gasteiger partial charge in [0.25, 0.3) is 5.56 Å². The van der Waals surface area contributed by atoms with E-state index < -0.39 is 0 Å². The van der Waals surface area contributed by atoms with Crippen LogP contribution in [0.4, 0.5) is 0 Å². The fourth-order valence-corrected chi connectivity index (χ4v) is 2.91. The predicted molar refractivity (Wildman–Crippen MR) is 78.0 cm³/mol. The molecule has 0 saturated carbocycles. The Morgan fingerprint density at radius 2 is 2.37 bits per heavy atom. The third-order valence-corrected chi connectivity index (χ3v) is 4.06. The fraction of sp³-hybridized carbons (Fsp3) is 0.538. The molecule has 0 radical (unpaired) electrons. The van der Waals surface area contributed by atoms with Gasteiger partial charge in [-0.05, 0) is 24.8 Å². The van der Waals surface area contributed by atoms with Crippen LogP contribution in [0, 0.1) is 6.92 Å². The quantitative estimate of drug-likeness (QED) is 0.869. The zero-order chi connectivity index (χ0) is 13.8. The molecule has 1 atom stereocenters. The average molecular weight is 281 g/mol. The number of aryl methyl sites for hydroxylation is 1. The Morgan fingerprint density at radius 1 is 1.58 bits per heavy atom. The summed E-state index contributed by atoms with van der Waals surface area (Å²) in [6.07, 6.45) is 1.63. The maximum absolute atomic E-state index is 12.2. The fourth-order valence-electron chi connectivity index (χ4n) is 1.96. The zero-order valence-corrected chi connectivity index (χ0v) is 12.3. The predicted octanol–water partition coefficient (Wildman–Crippen LogP) is 1.39. The smallest absolute Gasteiger partial charge is 0.271 e. The van der Waals surface area contributed by atoms with Crippen LogP contribution < -0.4 is 10.9 Å². The molecular formula is C13H19N3O2S. The van der Waals surface area contributed by atoms with Crippen molar-refractivity contribution in [2.24, 2.45) is 0 Å². The second-order valence-corrected chi connectivity index (χ2v) is 5.53. The second-order valence-electron chi connectivity index (χ2n) is 4.65. The number of rotatable bonds is 6. The van der Waals surface area contributed by atoms with Crippen LogP contribution in [0.2, 0.25) is 0 Å². The molecule has 19 heavy (non-hydrogen) atoms. The minimum atomic E-state index is 0.0456. The van der Waals surface area contributed by atoms with Crippen LogP contribution in [0.15, 0.2) is 16.5 Å². The molecule has 1 unspecified atom stereocenters. The monoisotopic (exact) mass is 281 g/mol. The molecule has 104 valence electrons. The largest absolute Gasteiger partial charge is 0.383 e.